The number of carboxylic acid groups (broad SMARTS) is 1. The van der Waals surface area contributed by atoms with E-state index in [0.717, 1.165) is 10.4 Å². The third kappa shape index (κ3) is 5.06. The molecule has 0 aliphatic carbocycles. The van der Waals surface area contributed by atoms with Gasteiger partial charge in [-0.15, -0.1) is 11.3 Å². The fourth-order valence-electron chi connectivity index (χ4n) is 2.50. The molecule has 1 aromatic heterocycles. The van der Waals surface area contributed by atoms with E-state index in [-0.39, 0.29) is 18.7 Å². The van der Waals surface area contributed by atoms with E-state index in [1.807, 2.05) is 13.8 Å². The summed E-state index contributed by atoms with van der Waals surface area (Å²) in [6.45, 7) is 3.81. The normalized spacial score (nSPS) is 10.4. The first kappa shape index (κ1) is 19.9. The molecule has 6 nitrogen and oxygen atoms in total. The second-order valence-electron chi connectivity index (χ2n) is 5.60. The van der Waals surface area contributed by atoms with E-state index in [0.29, 0.717) is 27.7 Å². The third-order valence-corrected chi connectivity index (χ3v) is 4.99. The van der Waals surface area contributed by atoms with Gasteiger partial charge in [0.1, 0.15) is 5.00 Å². The van der Waals surface area contributed by atoms with Crippen molar-refractivity contribution in [3.05, 3.63) is 45.3 Å². The summed E-state index contributed by atoms with van der Waals surface area (Å²) in [5, 5.41) is 15.1. The molecule has 0 saturated carbocycles. The Kier molecular flexibility index (Phi) is 6.76. The Morgan fingerprint density at radius 3 is 2.54 bits per heavy atom. The highest BCUT2D eigenvalue weighted by molar-refractivity contribution is 7.16. The van der Waals surface area contributed by atoms with Gasteiger partial charge < -0.3 is 15.7 Å². The maximum atomic E-state index is 12.8. The van der Waals surface area contributed by atoms with Gasteiger partial charge in [0.25, 0.3) is 5.91 Å². The van der Waals surface area contributed by atoms with Gasteiger partial charge in [0.15, 0.2) is 0 Å². The largest absolute Gasteiger partial charge is 0.481 e. The van der Waals surface area contributed by atoms with Crippen molar-refractivity contribution in [3.8, 4) is 0 Å². The summed E-state index contributed by atoms with van der Waals surface area (Å²) in [6.07, 6.45) is 0.218. The van der Waals surface area contributed by atoms with E-state index in [1.165, 1.54) is 11.3 Å². The zero-order valence-corrected chi connectivity index (χ0v) is 16.0. The number of nitrogens with one attached hydrogen (secondary N) is 2. The molecule has 0 unspecified atom stereocenters. The number of carbonyl (C=O) groups is 3. The Morgan fingerprint density at radius 1 is 1.19 bits per heavy atom. The lowest BCUT2D eigenvalue weighted by Gasteiger charge is -2.10. The molecule has 0 saturated heterocycles. The second kappa shape index (κ2) is 8.82. The van der Waals surface area contributed by atoms with Crippen LogP contribution in [0, 0.1) is 6.92 Å². The highest BCUT2D eigenvalue weighted by Gasteiger charge is 2.22. The lowest BCUT2D eigenvalue weighted by molar-refractivity contribution is -0.138. The predicted molar refractivity (Wildman–Crippen MR) is 103 cm³/mol. The number of aliphatic carboxylic acids is 1. The first-order valence-corrected chi connectivity index (χ1v) is 9.22. The van der Waals surface area contributed by atoms with Crippen LogP contribution in [-0.2, 0) is 16.0 Å². The Hall–Kier alpha value is -2.38. The van der Waals surface area contributed by atoms with Crippen molar-refractivity contribution in [1.29, 1.82) is 0 Å². The first-order valence-electron chi connectivity index (χ1n) is 8.02. The number of aryl methyl sites for hydroxylation is 1. The minimum Gasteiger partial charge on any atom is -0.481 e. The molecule has 2 rings (SSSR count). The van der Waals surface area contributed by atoms with Crippen LogP contribution in [0.5, 0.6) is 0 Å². The molecule has 0 aliphatic rings. The number of hydrogen-bond acceptors (Lipinski definition) is 4. The summed E-state index contributed by atoms with van der Waals surface area (Å²) in [4.78, 5) is 36.3. The summed E-state index contributed by atoms with van der Waals surface area (Å²) in [6, 6.07) is 6.79. The molecule has 2 aromatic rings. The predicted octanol–water partition coefficient (Wildman–Crippen LogP) is 4.33. The highest BCUT2D eigenvalue weighted by Crippen LogP contribution is 2.34. The Labute approximate surface area is 160 Å². The smallest absolute Gasteiger partial charge is 0.303 e. The number of thiophene rings is 1. The van der Waals surface area contributed by atoms with Crippen LogP contribution in [0.3, 0.4) is 0 Å². The zero-order valence-electron chi connectivity index (χ0n) is 14.4. The van der Waals surface area contributed by atoms with Gasteiger partial charge in [-0.3, -0.25) is 14.4 Å². The van der Waals surface area contributed by atoms with Crippen LogP contribution < -0.4 is 10.6 Å². The van der Waals surface area contributed by atoms with Gasteiger partial charge in [-0.05, 0) is 37.1 Å². The average Bonchev–Trinajstić information content (AvgIpc) is 2.88. The van der Waals surface area contributed by atoms with Crippen LogP contribution in [0.2, 0.25) is 5.02 Å². The molecule has 1 heterocycles. The molecule has 26 heavy (non-hydrogen) atoms. The number of benzene rings is 1. The molecule has 8 heteroatoms. The summed E-state index contributed by atoms with van der Waals surface area (Å²) in [5.74, 6) is -1.83. The van der Waals surface area contributed by atoms with Crippen LogP contribution in [0.1, 0.15) is 40.6 Å². The monoisotopic (exact) mass is 394 g/mol. The van der Waals surface area contributed by atoms with Crippen LogP contribution in [0.15, 0.2) is 24.3 Å². The molecule has 0 atom stereocenters. The molecule has 3 N–H and O–H groups in total. The molecule has 2 amide bonds. The minimum absolute atomic E-state index is 0.150. The summed E-state index contributed by atoms with van der Waals surface area (Å²) in [7, 11) is 0. The van der Waals surface area contributed by atoms with E-state index in [1.54, 1.807) is 24.3 Å². The van der Waals surface area contributed by atoms with E-state index in [2.05, 4.69) is 10.6 Å². The maximum absolute atomic E-state index is 12.8. The maximum Gasteiger partial charge on any atom is 0.303 e. The van der Waals surface area contributed by atoms with Crippen LogP contribution >= 0.6 is 22.9 Å². The number of anilines is 2. The van der Waals surface area contributed by atoms with Crippen molar-refractivity contribution in [2.75, 3.05) is 10.6 Å². The SMILES string of the molecule is CCc1c(C)sc(NC(=O)CCC(=O)O)c1C(=O)Nc1cccc(Cl)c1. The quantitative estimate of drug-likeness (QED) is 0.651. The van der Waals surface area contributed by atoms with Gasteiger partial charge >= 0.3 is 5.97 Å². The standard InChI is InChI=1S/C18H19ClN2O4S/c1-3-13-10(2)26-18(21-14(22)7-8-15(23)24)16(13)17(25)20-12-6-4-5-11(19)9-12/h4-6,9H,3,7-8H2,1-2H3,(H,20,25)(H,21,22)(H,23,24). The number of rotatable bonds is 7. The van der Waals surface area contributed by atoms with Crippen molar-refractivity contribution in [1.82, 2.24) is 0 Å². The van der Waals surface area contributed by atoms with E-state index >= 15 is 0 Å². The van der Waals surface area contributed by atoms with E-state index in [9.17, 15) is 14.4 Å². The van der Waals surface area contributed by atoms with Gasteiger partial charge in [0, 0.05) is 22.0 Å². The second-order valence-corrected chi connectivity index (χ2v) is 7.26. The summed E-state index contributed by atoms with van der Waals surface area (Å²) >= 11 is 7.25. The molecular weight excluding hydrogens is 376 g/mol. The Morgan fingerprint density at radius 2 is 1.92 bits per heavy atom. The third-order valence-electron chi connectivity index (χ3n) is 3.69. The number of carbonyl (C=O) groups excluding carboxylic acids is 2. The lowest BCUT2D eigenvalue weighted by Crippen LogP contribution is -2.18. The van der Waals surface area contributed by atoms with Gasteiger partial charge in [0.2, 0.25) is 5.91 Å². The van der Waals surface area contributed by atoms with Gasteiger partial charge in [-0.1, -0.05) is 24.6 Å². The van der Waals surface area contributed by atoms with Gasteiger partial charge in [0.05, 0.1) is 12.0 Å². The molecule has 0 fully saturated rings. The number of carboxylic acids is 1. The fraction of sp³-hybridized carbons (Fsp3) is 0.278. The molecule has 0 bridgehead atoms. The topological polar surface area (TPSA) is 95.5 Å². The van der Waals surface area contributed by atoms with Crippen LogP contribution in [0.4, 0.5) is 10.7 Å². The Balaban J connectivity index is 2.26. The van der Waals surface area contributed by atoms with E-state index in [4.69, 9.17) is 16.7 Å². The van der Waals surface area contributed by atoms with Gasteiger partial charge in [-0.25, -0.2) is 0 Å². The van der Waals surface area contributed by atoms with Crippen molar-refractivity contribution in [2.45, 2.75) is 33.1 Å². The lowest BCUT2D eigenvalue weighted by atomic mass is 10.1. The van der Waals surface area contributed by atoms with Crippen molar-refractivity contribution in [3.63, 3.8) is 0 Å². The number of amides is 2. The van der Waals surface area contributed by atoms with E-state index < -0.39 is 11.9 Å². The minimum atomic E-state index is -1.05. The van der Waals surface area contributed by atoms with Crippen molar-refractivity contribution in [2.24, 2.45) is 0 Å². The van der Waals surface area contributed by atoms with Gasteiger partial charge in [-0.2, -0.15) is 0 Å². The van der Waals surface area contributed by atoms with Crippen molar-refractivity contribution >= 4 is 51.4 Å². The highest BCUT2D eigenvalue weighted by atomic mass is 35.5. The molecule has 0 spiro atoms. The Bertz CT molecular complexity index is 848. The molecular formula is C18H19ClN2O4S. The van der Waals surface area contributed by atoms with Crippen LogP contribution in [0.25, 0.3) is 0 Å². The molecule has 0 radical (unpaired) electrons. The average molecular weight is 395 g/mol. The zero-order chi connectivity index (χ0) is 19.3. The molecule has 138 valence electrons. The first-order chi connectivity index (χ1) is 12.3. The molecule has 1 aromatic carbocycles. The van der Waals surface area contributed by atoms with Crippen molar-refractivity contribution < 1.29 is 19.5 Å². The summed E-state index contributed by atoms with van der Waals surface area (Å²) in [5.41, 5.74) is 1.80. The van der Waals surface area contributed by atoms with Crippen LogP contribution in [-0.4, -0.2) is 22.9 Å². The summed E-state index contributed by atoms with van der Waals surface area (Å²) < 4.78 is 0. The number of hydrogen-bond donors (Lipinski definition) is 3. The number of halogens is 1. The fourth-order valence-corrected chi connectivity index (χ4v) is 3.85. The molecule has 0 aliphatic heterocycles.